The van der Waals surface area contributed by atoms with Gasteiger partial charge in [0.2, 0.25) is 5.95 Å². The number of pyridine rings is 2. The monoisotopic (exact) mass is 471 g/mol. The predicted octanol–water partition coefficient (Wildman–Crippen LogP) is 2.89. The third-order valence-electron chi connectivity index (χ3n) is 5.61. The Morgan fingerprint density at radius 3 is 2.46 bits per heavy atom. The molecule has 0 saturated heterocycles. The van der Waals surface area contributed by atoms with Gasteiger partial charge in [0.15, 0.2) is 5.65 Å². The molecule has 5 rings (SSSR count). The van der Waals surface area contributed by atoms with Gasteiger partial charge < -0.3 is 10.8 Å². The lowest BCUT2D eigenvalue weighted by molar-refractivity contribution is 0.276. The SMILES string of the molecule is Cc1ccc(Cn2nc3c(-c4cc(C)nc(CO)c4)c(-c4ccc(F)cc4)nc(N)n3c2=O)nc1. The highest BCUT2D eigenvalue weighted by Crippen LogP contribution is 2.35. The molecule has 4 heterocycles. The minimum atomic E-state index is -0.465. The lowest BCUT2D eigenvalue weighted by Crippen LogP contribution is -2.24. The third-order valence-corrected chi connectivity index (χ3v) is 5.61. The van der Waals surface area contributed by atoms with Crippen molar-refractivity contribution in [2.45, 2.75) is 27.0 Å². The summed E-state index contributed by atoms with van der Waals surface area (Å²) in [5, 5.41) is 14.3. The van der Waals surface area contributed by atoms with Gasteiger partial charge in [-0.15, -0.1) is 5.10 Å². The molecule has 0 aliphatic rings. The number of nitrogens with two attached hydrogens (primary N) is 1. The highest BCUT2D eigenvalue weighted by atomic mass is 19.1. The Kier molecular flexibility index (Phi) is 5.58. The minimum Gasteiger partial charge on any atom is -0.390 e. The van der Waals surface area contributed by atoms with Crippen LogP contribution in [-0.4, -0.2) is 34.2 Å². The van der Waals surface area contributed by atoms with Gasteiger partial charge in [0, 0.05) is 17.5 Å². The summed E-state index contributed by atoms with van der Waals surface area (Å²) in [5.41, 5.74) is 11.0. The molecule has 0 aliphatic heterocycles. The van der Waals surface area contributed by atoms with E-state index in [4.69, 9.17) is 5.73 Å². The number of benzene rings is 1. The summed E-state index contributed by atoms with van der Waals surface area (Å²) in [6, 6.07) is 13.1. The second-order valence-corrected chi connectivity index (χ2v) is 8.27. The lowest BCUT2D eigenvalue weighted by Gasteiger charge is -2.13. The van der Waals surface area contributed by atoms with Crippen molar-refractivity contribution in [3.63, 3.8) is 0 Å². The molecule has 10 heteroatoms. The summed E-state index contributed by atoms with van der Waals surface area (Å²) in [6.07, 6.45) is 1.72. The first-order chi connectivity index (χ1) is 16.8. The number of fused-ring (bicyclic) bond motifs is 1. The van der Waals surface area contributed by atoms with Gasteiger partial charge in [-0.2, -0.15) is 0 Å². The van der Waals surface area contributed by atoms with E-state index in [1.54, 1.807) is 31.3 Å². The zero-order valence-electron chi connectivity index (χ0n) is 19.1. The highest BCUT2D eigenvalue weighted by Gasteiger charge is 2.22. The van der Waals surface area contributed by atoms with Crippen molar-refractivity contribution in [1.29, 1.82) is 0 Å². The van der Waals surface area contributed by atoms with E-state index in [0.29, 0.717) is 39.5 Å². The van der Waals surface area contributed by atoms with Crippen LogP contribution in [0.2, 0.25) is 0 Å². The maximum Gasteiger partial charge on any atom is 0.353 e. The molecule has 1 aromatic carbocycles. The van der Waals surface area contributed by atoms with Gasteiger partial charge in [-0.05, 0) is 67.4 Å². The second kappa shape index (κ2) is 8.73. The summed E-state index contributed by atoms with van der Waals surface area (Å²) in [6.45, 7) is 3.61. The first kappa shape index (κ1) is 22.4. The fourth-order valence-electron chi connectivity index (χ4n) is 4.00. The Morgan fingerprint density at radius 2 is 1.77 bits per heavy atom. The van der Waals surface area contributed by atoms with E-state index in [2.05, 4.69) is 20.1 Å². The van der Waals surface area contributed by atoms with Gasteiger partial charge in [-0.3, -0.25) is 9.97 Å². The van der Waals surface area contributed by atoms with Crippen LogP contribution in [0.4, 0.5) is 10.3 Å². The van der Waals surface area contributed by atoms with E-state index in [1.807, 2.05) is 25.1 Å². The molecule has 5 aromatic rings. The van der Waals surface area contributed by atoms with Crippen molar-refractivity contribution in [2.75, 3.05) is 5.73 Å². The average molecular weight is 471 g/mol. The Balaban J connectivity index is 1.81. The molecule has 0 fully saturated rings. The molecule has 0 radical (unpaired) electrons. The first-order valence-corrected chi connectivity index (χ1v) is 10.9. The van der Waals surface area contributed by atoms with Gasteiger partial charge in [0.1, 0.15) is 5.82 Å². The van der Waals surface area contributed by atoms with Crippen molar-refractivity contribution >= 4 is 11.6 Å². The van der Waals surface area contributed by atoms with Crippen LogP contribution in [0.5, 0.6) is 0 Å². The van der Waals surface area contributed by atoms with Crippen molar-refractivity contribution in [2.24, 2.45) is 0 Å². The largest absolute Gasteiger partial charge is 0.390 e. The molecule has 0 amide bonds. The van der Waals surface area contributed by atoms with Crippen molar-refractivity contribution < 1.29 is 9.50 Å². The number of hydrogen-bond acceptors (Lipinski definition) is 7. The fourth-order valence-corrected chi connectivity index (χ4v) is 4.00. The second-order valence-electron chi connectivity index (χ2n) is 8.27. The molecule has 0 spiro atoms. The molecule has 35 heavy (non-hydrogen) atoms. The molecular formula is C25H22FN7O2. The lowest BCUT2D eigenvalue weighted by atomic mass is 9.99. The number of halogens is 1. The number of nitrogen functional groups attached to an aromatic ring is 1. The molecule has 0 atom stereocenters. The van der Waals surface area contributed by atoms with E-state index in [1.165, 1.54) is 21.2 Å². The molecule has 0 bridgehead atoms. The fraction of sp³-hybridized carbons (Fsp3) is 0.160. The minimum absolute atomic E-state index is 0.0515. The zero-order chi connectivity index (χ0) is 24.7. The zero-order valence-corrected chi connectivity index (χ0v) is 19.1. The summed E-state index contributed by atoms with van der Waals surface area (Å²) in [4.78, 5) is 26.5. The predicted molar refractivity (Wildman–Crippen MR) is 129 cm³/mol. The van der Waals surface area contributed by atoms with Crippen LogP contribution in [0.1, 0.15) is 22.6 Å². The number of aromatic nitrogens is 6. The topological polar surface area (TPSA) is 124 Å². The van der Waals surface area contributed by atoms with Crippen molar-refractivity contribution in [1.82, 2.24) is 29.1 Å². The Morgan fingerprint density at radius 1 is 1.00 bits per heavy atom. The Bertz CT molecular complexity index is 1610. The smallest absolute Gasteiger partial charge is 0.353 e. The summed E-state index contributed by atoms with van der Waals surface area (Å²) in [5.74, 6) is -0.442. The first-order valence-electron chi connectivity index (χ1n) is 10.9. The van der Waals surface area contributed by atoms with Crippen molar-refractivity contribution in [3.05, 3.63) is 93.7 Å². The maximum absolute atomic E-state index is 13.6. The summed E-state index contributed by atoms with van der Waals surface area (Å²) < 4.78 is 16.2. The van der Waals surface area contributed by atoms with Crippen LogP contribution in [0, 0.1) is 19.7 Å². The van der Waals surface area contributed by atoms with Crippen LogP contribution < -0.4 is 11.4 Å². The maximum atomic E-state index is 13.6. The number of rotatable bonds is 5. The number of nitrogens with zero attached hydrogens (tertiary/aromatic N) is 6. The van der Waals surface area contributed by atoms with E-state index in [9.17, 15) is 14.3 Å². The van der Waals surface area contributed by atoms with Gasteiger partial charge in [-0.1, -0.05) is 6.07 Å². The van der Waals surface area contributed by atoms with E-state index >= 15 is 0 Å². The quantitative estimate of drug-likeness (QED) is 0.404. The van der Waals surface area contributed by atoms with Crippen LogP contribution in [-0.2, 0) is 13.2 Å². The van der Waals surface area contributed by atoms with Crippen LogP contribution >= 0.6 is 0 Å². The molecule has 0 aliphatic carbocycles. The molecule has 176 valence electrons. The molecule has 4 aromatic heterocycles. The highest BCUT2D eigenvalue weighted by molar-refractivity contribution is 5.90. The van der Waals surface area contributed by atoms with E-state index < -0.39 is 11.5 Å². The summed E-state index contributed by atoms with van der Waals surface area (Å²) >= 11 is 0. The van der Waals surface area contributed by atoms with Crippen LogP contribution in [0.3, 0.4) is 0 Å². The Labute approximate surface area is 199 Å². The molecular weight excluding hydrogens is 449 g/mol. The number of hydrogen-bond donors (Lipinski definition) is 2. The normalized spacial score (nSPS) is 11.3. The number of aliphatic hydroxyl groups excluding tert-OH is 1. The van der Waals surface area contributed by atoms with Gasteiger partial charge in [0.25, 0.3) is 0 Å². The average Bonchev–Trinajstić information content (AvgIpc) is 3.16. The van der Waals surface area contributed by atoms with Gasteiger partial charge >= 0.3 is 5.69 Å². The molecule has 0 saturated carbocycles. The molecule has 9 nitrogen and oxygen atoms in total. The van der Waals surface area contributed by atoms with Gasteiger partial charge in [-0.25, -0.2) is 23.3 Å². The molecule has 0 unspecified atom stereocenters. The Hall–Kier alpha value is -4.44. The van der Waals surface area contributed by atoms with Crippen molar-refractivity contribution in [3.8, 4) is 22.4 Å². The van der Waals surface area contributed by atoms with E-state index in [-0.39, 0.29) is 24.7 Å². The number of anilines is 1. The standard InChI is InChI=1S/C25H22FN7O2/c1-14-3-8-19(28-11-14)12-32-25(35)33-23(31-32)21(17-9-15(2)29-20(10-17)13-34)22(30-24(33)27)16-4-6-18(26)7-5-16/h3-11,34H,12-13H2,1-2H3,(H2,27,30). The number of aryl methyl sites for hydroxylation is 2. The summed E-state index contributed by atoms with van der Waals surface area (Å²) in [7, 11) is 0. The van der Waals surface area contributed by atoms with Crippen LogP contribution in [0.25, 0.3) is 28.0 Å². The van der Waals surface area contributed by atoms with Crippen LogP contribution in [0.15, 0.2) is 59.5 Å². The number of aliphatic hydroxyl groups is 1. The third kappa shape index (κ3) is 4.15. The van der Waals surface area contributed by atoms with Gasteiger partial charge in [0.05, 0.1) is 35.8 Å². The molecule has 3 N–H and O–H groups in total. The van der Waals surface area contributed by atoms with E-state index in [0.717, 1.165) is 5.56 Å².